The third-order valence-electron chi connectivity index (χ3n) is 4.41. The van der Waals surface area contributed by atoms with Gasteiger partial charge >= 0.3 is 5.97 Å². The topological polar surface area (TPSA) is 90.1 Å². The van der Waals surface area contributed by atoms with Gasteiger partial charge in [0.1, 0.15) is 5.75 Å². The fraction of sp³-hybridized carbons (Fsp3) is 0.429. The number of aromatic nitrogens is 4. The molecule has 7 nitrogen and oxygen atoms in total. The van der Waals surface area contributed by atoms with Crippen molar-refractivity contribution in [3.05, 3.63) is 35.7 Å². The molecule has 1 N–H and O–H groups in total. The summed E-state index contributed by atoms with van der Waals surface area (Å²) in [4.78, 5) is 11.6. The van der Waals surface area contributed by atoms with Crippen molar-refractivity contribution < 1.29 is 14.6 Å². The molecular formula is C14H14N4O3. The standard InChI is InChI=1S/C14H14N4O3/c19-13(20)14(6-3-7-14)18-12(15-16-17-18)11-8-9-4-1-2-5-10(9)21-11/h1-2,4-5,11H,3,6-8H2,(H,19,20). The Labute approximate surface area is 120 Å². The van der Waals surface area contributed by atoms with Crippen molar-refractivity contribution in [1.82, 2.24) is 20.2 Å². The molecule has 1 aliphatic heterocycles. The quantitative estimate of drug-likeness (QED) is 0.915. The van der Waals surface area contributed by atoms with E-state index >= 15 is 0 Å². The Hall–Kier alpha value is -2.44. The summed E-state index contributed by atoms with van der Waals surface area (Å²) in [5.41, 5.74) is 0.0896. The number of fused-ring (bicyclic) bond motifs is 1. The minimum absolute atomic E-state index is 0.325. The van der Waals surface area contributed by atoms with Gasteiger partial charge in [-0.25, -0.2) is 9.48 Å². The summed E-state index contributed by atoms with van der Waals surface area (Å²) in [6.45, 7) is 0. The van der Waals surface area contributed by atoms with Crippen LogP contribution in [-0.4, -0.2) is 31.3 Å². The Bertz CT molecular complexity index is 683. The Morgan fingerprint density at radius 2 is 2.19 bits per heavy atom. The summed E-state index contributed by atoms with van der Waals surface area (Å²) < 4.78 is 7.33. The van der Waals surface area contributed by atoms with Gasteiger partial charge in [-0.2, -0.15) is 0 Å². The molecule has 21 heavy (non-hydrogen) atoms. The Kier molecular flexibility index (Phi) is 2.51. The SMILES string of the molecule is O=C(O)C1(n2nnnc2C2Cc3ccccc3O2)CCC1. The summed E-state index contributed by atoms with van der Waals surface area (Å²) in [6.07, 6.45) is 2.32. The lowest BCUT2D eigenvalue weighted by atomic mass is 9.76. The predicted molar refractivity (Wildman–Crippen MR) is 70.8 cm³/mol. The number of carboxylic acids is 1. The first-order valence-corrected chi connectivity index (χ1v) is 6.97. The summed E-state index contributed by atoms with van der Waals surface area (Å²) in [5, 5.41) is 21.2. The number of nitrogens with zero attached hydrogens (tertiary/aromatic N) is 4. The van der Waals surface area contributed by atoms with Gasteiger partial charge in [-0.05, 0) is 41.3 Å². The zero-order valence-corrected chi connectivity index (χ0v) is 11.3. The van der Waals surface area contributed by atoms with Crippen LogP contribution in [-0.2, 0) is 16.8 Å². The largest absolute Gasteiger partial charge is 0.482 e. The highest BCUT2D eigenvalue weighted by Crippen LogP contribution is 2.42. The van der Waals surface area contributed by atoms with Gasteiger partial charge in [0, 0.05) is 6.42 Å². The lowest BCUT2D eigenvalue weighted by Gasteiger charge is -2.37. The van der Waals surface area contributed by atoms with Crippen molar-refractivity contribution in [3.63, 3.8) is 0 Å². The molecule has 7 heteroatoms. The molecule has 1 aromatic carbocycles. The van der Waals surface area contributed by atoms with Crippen LogP contribution in [0.3, 0.4) is 0 Å². The molecule has 1 saturated carbocycles. The molecule has 0 amide bonds. The van der Waals surface area contributed by atoms with E-state index in [-0.39, 0.29) is 6.10 Å². The first kappa shape index (κ1) is 12.3. The molecule has 1 unspecified atom stereocenters. The maximum atomic E-state index is 11.6. The highest BCUT2D eigenvalue weighted by atomic mass is 16.5. The molecule has 1 aromatic heterocycles. The van der Waals surface area contributed by atoms with Crippen LogP contribution in [0.25, 0.3) is 0 Å². The maximum Gasteiger partial charge on any atom is 0.331 e. The first-order valence-electron chi connectivity index (χ1n) is 6.97. The number of aliphatic carboxylic acids is 1. The lowest BCUT2D eigenvalue weighted by molar-refractivity contribution is -0.153. The molecule has 108 valence electrons. The Balaban J connectivity index is 1.70. The van der Waals surface area contributed by atoms with E-state index in [2.05, 4.69) is 15.5 Å². The van der Waals surface area contributed by atoms with Crippen LogP contribution in [0.2, 0.25) is 0 Å². The minimum Gasteiger partial charge on any atom is -0.482 e. The minimum atomic E-state index is -1.00. The van der Waals surface area contributed by atoms with Crippen LogP contribution in [0, 0.1) is 0 Å². The van der Waals surface area contributed by atoms with Gasteiger partial charge in [-0.3, -0.25) is 0 Å². The van der Waals surface area contributed by atoms with Crippen molar-refractivity contribution in [2.45, 2.75) is 37.3 Å². The number of hydrogen-bond donors (Lipinski definition) is 1. The van der Waals surface area contributed by atoms with E-state index in [1.54, 1.807) is 0 Å². The molecule has 0 saturated heterocycles. The Morgan fingerprint density at radius 3 is 2.86 bits per heavy atom. The molecule has 2 heterocycles. The van der Waals surface area contributed by atoms with E-state index in [1.165, 1.54) is 4.68 Å². The number of hydrogen-bond acceptors (Lipinski definition) is 5. The van der Waals surface area contributed by atoms with E-state index in [0.717, 1.165) is 17.7 Å². The zero-order valence-electron chi connectivity index (χ0n) is 11.3. The third-order valence-corrected chi connectivity index (χ3v) is 4.41. The van der Waals surface area contributed by atoms with Crippen molar-refractivity contribution >= 4 is 5.97 Å². The van der Waals surface area contributed by atoms with Gasteiger partial charge in [0.25, 0.3) is 0 Å². The number of tetrazole rings is 1. The molecule has 1 atom stereocenters. The average molecular weight is 286 g/mol. The van der Waals surface area contributed by atoms with E-state index in [1.807, 2.05) is 24.3 Å². The molecule has 0 radical (unpaired) electrons. The molecule has 2 aromatic rings. The number of ether oxygens (including phenoxy) is 1. The van der Waals surface area contributed by atoms with Gasteiger partial charge in [-0.15, -0.1) is 5.10 Å². The number of benzene rings is 1. The summed E-state index contributed by atoms with van der Waals surface area (Å²) >= 11 is 0. The smallest absolute Gasteiger partial charge is 0.331 e. The number of carboxylic acid groups (broad SMARTS) is 1. The van der Waals surface area contributed by atoms with E-state index in [0.29, 0.717) is 25.1 Å². The van der Waals surface area contributed by atoms with Crippen molar-refractivity contribution in [1.29, 1.82) is 0 Å². The van der Waals surface area contributed by atoms with Crippen LogP contribution in [0.4, 0.5) is 0 Å². The molecular weight excluding hydrogens is 272 g/mol. The van der Waals surface area contributed by atoms with Gasteiger partial charge in [-0.1, -0.05) is 18.2 Å². The van der Waals surface area contributed by atoms with Crippen LogP contribution in [0.15, 0.2) is 24.3 Å². The first-order chi connectivity index (χ1) is 10.2. The monoisotopic (exact) mass is 286 g/mol. The van der Waals surface area contributed by atoms with E-state index in [9.17, 15) is 9.90 Å². The molecule has 1 fully saturated rings. The van der Waals surface area contributed by atoms with Crippen molar-refractivity contribution in [2.75, 3.05) is 0 Å². The van der Waals surface area contributed by atoms with Gasteiger partial charge in [0.2, 0.25) is 0 Å². The number of para-hydroxylation sites is 1. The highest BCUT2D eigenvalue weighted by molar-refractivity contribution is 5.77. The number of carbonyl (C=O) groups is 1. The van der Waals surface area contributed by atoms with Gasteiger partial charge in [0.15, 0.2) is 17.5 Å². The maximum absolute atomic E-state index is 11.6. The molecule has 1 aliphatic carbocycles. The highest BCUT2D eigenvalue weighted by Gasteiger charge is 2.50. The zero-order chi connectivity index (χ0) is 14.4. The molecule has 2 aliphatic rings. The lowest BCUT2D eigenvalue weighted by Crippen LogP contribution is -2.49. The van der Waals surface area contributed by atoms with Crippen molar-refractivity contribution in [2.24, 2.45) is 0 Å². The van der Waals surface area contributed by atoms with Gasteiger partial charge in [0.05, 0.1) is 0 Å². The normalized spacial score (nSPS) is 22.2. The number of rotatable bonds is 3. The predicted octanol–water partition coefficient (Wildman–Crippen LogP) is 1.31. The van der Waals surface area contributed by atoms with Crippen molar-refractivity contribution in [3.8, 4) is 5.75 Å². The van der Waals surface area contributed by atoms with Gasteiger partial charge < -0.3 is 9.84 Å². The summed E-state index contributed by atoms with van der Waals surface area (Å²) in [6, 6.07) is 7.77. The third kappa shape index (κ3) is 1.66. The van der Waals surface area contributed by atoms with Crippen LogP contribution < -0.4 is 4.74 Å². The average Bonchev–Trinajstić information content (AvgIpc) is 3.02. The van der Waals surface area contributed by atoms with E-state index < -0.39 is 11.5 Å². The molecule has 0 spiro atoms. The fourth-order valence-corrected chi connectivity index (χ4v) is 3.05. The fourth-order valence-electron chi connectivity index (χ4n) is 3.05. The van der Waals surface area contributed by atoms with E-state index in [4.69, 9.17) is 4.74 Å². The molecule has 4 rings (SSSR count). The van der Waals surface area contributed by atoms with Crippen LogP contribution in [0.5, 0.6) is 5.75 Å². The van der Waals surface area contributed by atoms with Crippen LogP contribution >= 0.6 is 0 Å². The summed E-state index contributed by atoms with van der Waals surface area (Å²) in [5.74, 6) is 0.432. The molecule has 0 bridgehead atoms. The second kappa shape index (κ2) is 4.28. The second-order valence-corrected chi connectivity index (χ2v) is 5.56. The second-order valence-electron chi connectivity index (χ2n) is 5.56. The summed E-state index contributed by atoms with van der Waals surface area (Å²) in [7, 11) is 0. The van der Waals surface area contributed by atoms with Crippen LogP contribution in [0.1, 0.15) is 36.8 Å². The Morgan fingerprint density at radius 1 is 1.38 bits per heavy atom.